The van der Waals surface area contributed by atoms with Crippen molar-refractivity contribution in [1.82, 2.24) is 0 Å². The van der Waals surface area contributed by atoms with Crippen LogP contribution in [-0.4, -0.2) is 145 Å². The molecule has 48 heavy (non-hydrogen) atoms. The Kier molecular flexibility index (Phi) is 11.4. The zero-order chi connectivity index (χ0) is 34.9. The molecule has 15 unspecified atom stereocenters. The molecule has 1 saturated carbocycles. The Bertz CT molecular complexity index is 1330. The lowest BCUT2D eigenvalue weighted by molar-refractivity contribution is -0.342. The molecule has 9 N–H and O–H groups in total. The molecule has 1 aromatic carbocycles. The third-order valence-electron chi connectivity index (χ3n) is 9.21. The molecule has 0 bridgehead atoms. The van der Waals surface area contributed by atoms with Crippen LogP contribution in [0.2, 0.25) is 0 Å². The van der Waals surface area contributed by atoms with E-state index in [0.717, 1.165) is 6.26 Å². The van der Waals surface area contributed by atoms with Gasteiger partial charge in [0.25, 0.3) is 0 Å². The van der Waals surface area contributed by atoms with Gasteiger partial charge in [-0.15, -0.1) is 0 Å². The number of carboxylic acid groups (broad SMARTS) is 1. The van der Waals surface area contributed by atoms with Gasteiger partial charge in [-0.05, 0) is 30.2 Å². The number of benzene rings is 1. The molecule has 17 nitrogen and oxygen atoms in total. The number of esters is 1. The number of hydrogen-bond acceptors (Lipinski definition) is 16. The summed E-state index contributed by atoms with van der Waals surface area (Å²) in [5, 5.41) is 89.3. The first kappa shape index (κ1) is 36.1. The van der Waals surface area contributed by atoms with Gasteiger partial charge in [-0.3, -0.25) is 0 Å². The van der Waals surface area contributed by atoms with E-state index in [2.05, 4.69) is 0 Å². The first-order chi connectivity index (χ1) is 22.8. The van der Waals surface area contributed by atoms with Gasteiger partial charge in [-0.25, -0.2) is 9.59 Å². The third kappa shape index (κ3) is 7.36. The van der Waals surface area contributed by atoms with Crippen molar-refractivity contribution in [2.45, 2.75) is 87.2 Å². The maximum atomic E-state index is 12.8. The Morgan fingerprint density at radius 2 is 1.42 bits per heavy atom. The number of ether oxygens (including phenoxy) is 6. The van der Waals surface area contributed by atoms with E-state index in [1.54, 1.807) is 19.1 Å². The second kappa shape index (κ2) is 15.1. The Morgan fingerprint density at radius 1 is 0.833 bits per heavy atom. The number of rotatable bonds is 10. The van der Waals surface area contributed by atoms with Gasteiger partial charge in [0.05, 0.1) is 25.0 Å². The zero-order valence-electron chi connectivity index (χ0n) is 25.6. The van der Waals surface area contributed by atoms with Crippen LogP contribution < -0.4 is 4.74 Å². The summed E-state index contributed by atoms with van der Waals surface area (Å²) in [6.45, 7) is 0.443. The van der Waals surface area contributed by atoms with Gasteiger partial charge < -0.3 is 74.4 Å². The normalized spacial score (nSPS) is 41.3. The van der Waals surface area contributed by atoms with Crippen molar-refractivity contribution in [2.75, 3.05) is 13.2 Å². The molecule has 266 valence electrons. The van der Waals surface area contributed by atoms with Crippen LogP contribution in [0.3, 0.4) is 0 Å². The number of aliphatic hydroxyl groups excluding tert-OH is 8. The van der Waals surface area contributed by atoms with Gasteiger partial charge >= 0.3 is 11.9 Å². The molecule has 0 amide bonds. The molecule has 0 spiro atoms. The molecule has 0 radical (unpaired) electrons. The smallest absolute Gasteiger partial charge is 0.334 e. The van der Waals surface area contributed by atoms with Crippen LogP contribution in [-0.2, 0) is 33.3 Å². The summed E-state index contributed by atoms with van der Waals surface area (Å²) < 4.78 is 33.4. The second-order valence-electron chi connectivity index (χ2n) is 12.2. The monoisotopic (exact) mass is 684 g/mol. The molecule has 3 heterocycles. The minimum Gasteiger partial charge on any atom is -0.478 e. The highest BCUT2D eigenvalue weighted by Crippen LogP contribution is 2.48. The minimum atomic E-state index is -1.71. The lowest BCUT2D eigenvalue weighted by Gasteiger charge is -2.43. The van der Waals surface area contributed by atoms with Crippen molar-refractivity contribution >= 4 is 18.0 Å². The lowest BCUT2D eigenvalue weighted by Crippen LogP contribution is -2.60. The van der Waals surface area contributed by atoms with Crippen molar-refractivity contribution in [2.24, 2.45) is 17.8 Å². The Balaban J connectivity index is 1.20. The summed E-state index contributed by atoms with van der Waals surface area (Å²) >= 11 is 0. The van der Waals surface area contributed by atoms with Crippen LogP contribution in [0.15, 0.2) is 42.2 Å². The van der Waals surface area contributed by atoms with Crippen LogP contribution in [0.4, 0.5) is 0 Å². The van der Waals surface area contributed by atoms with E-state index in [0.29, 0.717) is 5.56 Å². The summed E-state index contributed by atoms with van der Waals surface area (Å²) in [6.07, 6.45) is -13.2. The molecule has 2 saturated heterocycles. The molecular formula is C31H40O17. The van der Waals surface area contributed by atoms with Gasteiger partial charge in [0.15, 0.2) is 6.29 Å². The fourth-order valence-corrected chi connectivity index (χ4v) is 6.44. The summed E-state index contributed by atoms with van der Waals surface area (Å²) in [5.74, 6) is -3.61. The Hall–Kier alpha value is -3.20. The number of fused-ring (bicyclic) bond motifs is 1. The molecule has 17 heteroatoms. The molecule has 1 aliphatic carbocycles. The van der Waals surface area contributed by atoms with Crippen LogP contribution >= 0.6 is 0 Å². The second-order valence-corrected chi connectivity index (χ2v) is 12.2. The Morgan fingerprint density at radius 3 is 2.00 bits per heavy atom. The Labute approximate surface area is 273 Å². The summed E-state index contributed by atoms with van der Waals surface area (Å²) in [6, 6.07) is 6.17. The van der Waals surface area contributed by atoms with Crippen molar-refractivity contribution in [3.8, 4) is 5.75 Å². The highest BCUT2D eigenvalue weighted by atomic mass is 16.8. The molecule has 3 fully saturated rings. The maximum absolute atomic E-state index is 12.8. The number of carbonyl (C=O) groups excluding carboxylic acids is 1. The highest BCUT2D eigenvalue weighted by Gasteiger charge is 2.54. The zero-order valence-corrected chi connectivity index (χ0v) is 25.6. The van der Waals surface area contributed by atoms with Gasteiger partial charge in [0, 0.05) is 23.8 Å². The number of hydrogen-bond donors (Lipinski definition) is 9. The predicted octanol–water partition coefficient (Wildman–Crippen LogP) is -2.80. The van der Waals surface area contributed by atoms with E-state index in [4.69, 9.17) is 28.4 Å². The number of carbonyl (C=O) groups is 2. The fourth-order valence-electron chi connectivity index (χ4n) is 6.44. The van der Waals surface area contributed by atoms with Gasteiger partial charge in [-0.2, -0.15) is 0 Å². The van der Waals surface area contributed by atoms with Gasteiger partial charge in [-0.1, -0.05) is 19.1 Å². The van der Waals surface area contributed by atoms with Crippen molar-refractivity contribution in [1.29, 1.82) is 0 Å². The van der Waals surface area contributed by atoms with E-state index in [1.807, 2.05) is 0 Å². The van der Waals surface area contributed by atoms with Crippen LogP contribution in [0.1, 0.15) is 18.9 Å². The number of aliphatic carboxylic acids is 1. The predicted molar refractivity (Wildman–Crippen MR) is 156 cm³/mol. The maximum Gasteiger partial charge on any atom is 0.334 e. The molecule has 15 atom stereocenters. The van der Waals surface area contributed by atoms with Crippen molar-refractivity contribution < 1.29 is 84.0 Å². The average molecular weight is 685 g/mol. The lowest BCUT2D eigenvalue weighted by atomic mass is 9.83. The molecule has 3 aliphatic heterocycles. The quantitative estimate of drug-likeness (QED) is 0.0890. The first-order valence-corrected chi connectivity index (χ1v) is 15.3. The molecule has 0 aromatic heterocycles. The highest BCUT2D eigenvalue weighted by molar-refractivity contribution is 5.88. The van der Waals surface area contributed by atoms with E-state index in [9.17, 15) is 55.5 Å². The van der Waals surface area contributed by atoms with Crippen molar-refractivity contribution in [3.05, 3.63) is 47.7 Å². The standard InChI is InChI=1S/C31H40O17/c1-12-17(8-15-16(28(41)42)11-43-29(21(12)15)48-31-27(40)25(38)23(36)19(10-33)47-31)45-20(34)7-4-13-2-5-14(6-3-13)44-30-26(39)24(37)22(35)18(9-32)46-30/h2-7,11-12,15,17-19,21-27,29-33,35-40H,8-10H2,1H3,(H,41,42). The van der Waals surface area contributed by atoms with E-state index >= 15 is 0 Å². The van der Waals surface area contributed by atoms with Crippen LogP contribution in [0.25, 0.3) is 6.08 Å². The average Bonchev–Trinajstić information content (AvgIpc) is 3.40. The van der Waals surface area contributed by atoms with Gasteiger partial charge in [0.1, 0.15) is 60.7 Å². The molecule has 5 rings (SSSR count). The number of aliphatic hydroxyl groups is 8. The fraction of sp³-hybridized carbons (Fsp3) is 0.613. The molecule has 1 aromatic rings. The number of carboxylic acids is 1. The van der Waals surface area contributed by atoms with E-state index in [-0.39, 0.29) is 17.7 Å². The van der Waals surface area contributed by atoms with E-state index in [1.165, 1.54) is 24.3 Å². The minimum absolute atomic E-state index is 0.0689. The summed E-state index contributed by atoms with van der Waals surface area (Å²) in [4.78, 5) is 24.8. The van der Waals surface area contributed by atoms with Crippen molar-refractivity contribution in [3.63, 3.8) is 0 Å². The SMILES string of the molecule is CC1C(OC(=O)C=Cc2ccc(OC3OC(CO)C(O)C(O)C3O)cc2)CC2C(C(=O)O)=COC(OC3OC(CO)C(O)C(O)C3O)C21. The van der Waals surface area contributed by atoms with Crippen LogP contribution in [0.5, 0.6) is 5.75 Å². The summed E-state index contributed by atoms with van der Waals surface area (Å²) in [5.41, 5.74) is 0.486. The summed E-state index contributed by atoms with van der Waals surface area (Å²) in [7, 11) is 0. The van der Waals surface area contributed by atoms with E-state index < -0.39 is 117 Å². The van der Waals surface area contributed by atoms with Gasteiger partial charge in [0.2, 0.25) is 12.6 Å². The topological polar surface area (TPSA) is 272 Å². The third-order valence-corrected chi connectivity index (χ3v) is 9.21. The first-order valence-electron chi connectivity index (χ1n) is 15.3. The van der Waals surface area contributed by atoms with Crippen LogP contribution in [0, 0.1) is 17.8 Å². The molecule has 4 aliphatic rings. The molecular weight excluding hydrogens is 644 g/mol. The largest absolute Gasteiger partial charge is 0.478 e.